The zero-order chi connectivity index (χ0) is 14.8. The summed E-state index contributed by atoms with van der Waals surface area (Å²) in [5.74, 6) is 1.60. The van der Waals surface area contributed by atoms with Gasteiger partial charge in [0.1, 0.15) is 17.5 Å². The summed E-state index contributed by atoms with van der Waals surface area (Å²) in [6.45, 7) is 3.57. The van der Waals surface area contributed by atoms with E-state index in [2.05, 4.69) is 33.0 Å². The predicted molar refractivity (Wildman–Crippen MR) is 80.2 cm³/mol. The standard InChI is InChI=1S/C14H17N7/c1-19-6-8-20(9-7-19)14-11(10-15)13(16)21(18-14)12-4-2-3-5-17-12/h2-5H,6-9,16H2,1H3. The Morgan fingerprint density at radius 3 is 2.62 bits per heavy atom. The summed E-state index contributed by atoms with van der Waals surface area (Å²) < 4.78 is 1.53. The summed E-state index contributed by atoms with van der Waals surface area (Å²) in [5.41, 5.74) is 6.50. The molecule has 2 N–H and O–H groups in total. The summed E-state index contributed by atoms with van der Waals surface area (Å²) in [7, 11) is 2.09. The molecular formula is C14H17N7. The second kappa shape index (κ2) is 5.42. The molecule has 0 bridgehead atoms. The molecule has 2 aromatic rings. The summed E-state index contributed by atoms with van der Waals surface area (Å²) in [6.07, 6.45) is 1.68. The highest BCUT2D eigenvalue weighted by Gasteiger charge is 2.24. The molecule has 0 radical (unpaired) electrons. The first-order valence-corrected chi connectivity index (χ1v) is 6.84. The zero-order valence-corrected chi connectivity index (χ0v) is 11.9. The van der Waals surface area contributed by atoms with E-state index >= 15 is 0 Å². The van der Waals surface area contributed by atoms with Crippen molar-refractivity contribution < 1.29 is 0 Å². The Bertz CT molecular complexity index is 663. The minimum atomic E-state index is 0.338. The number of likely N-dealkylation sites (N-methyl/N-ethyl adjacent to an activating group) is 1. The van der Waals surface area contributed by atoms with E-state index in [-0.39, 0.29) is 0 Å². The van der Waals surface area contributed by atoms with Crippen molar-refractivity contribution in [3.05, 3.63) is 30.0 Å². The molecule has 0 spiro atoms. The van der Waals surface area contributed by atoms with E-state index in [1.165, 1.54) is 4.68 Å². The Kier molecular flexibility index (Phi) is 3.46. The van der Waals surface area contributed by atoms with Gasteiger partial charge in [-0.15, -0.1) is 5.10 Å². The van der Waals surface area contributed by atoms with Crippen LogP contribution < -0.4 is 10.6 Å². The van der Waals surface area contributed by atoms with E-state index in [9.17, 15) is 5.26 Å². The van der Waals surface area contributed by atoms with Crippen molar-refractivity contribution in [3.8, 4) is 11.9 Å². The monoisotopic (exact) mass is 283 g/mol. The van der Waals surface area contributed by atoms with Gasteiger partial charge in [0.25, 0.3) is 0 Å². The van der Waals surface area contributed by atoms with Gasteiger partial charge in [0.15, 0.2) is 11.6 Å². The molecule has 7 nitrogen and oxygen atoms in total. The van der Waals surface area contributed by atoms with Crippen LogP contribution in [0.5, 0.6) is 0 Å². The number of nitriles is 1. The van der Waals surface area contributed by atoms with Crippen molar-refractivity contribution >= 4 is 11.6 Å². The molecular weight excluding hydrogens is 266 g/mol. The maximum absolute atomic E-state index is 9.40. The fourth-order valence-electron chi connectivity index (χ4n) is 2.42. The number of hydrogen-bond acceptors (Lipinski definition) is 6. The van der Waals surface area contributed by atoms with Crippen LogP contribution in [0.15, 0.2) is 24.4 Å². The normalized spacial score (nSPS) is 15.9. The lowest BCUT2D eigenvalue weighted by molar-refractivity contribution is 0.312. The lowest BCUT2D eigenvalue weighted by Crippen LogP contribution is -2.45. The van der Waals surface area contributed by atoms with Crippen LogP contribution in [0.1, 0.15) is 5.56 Å². The van der Waals surface area contributed by atoms with E-state index in [0.29, 0.717) is 23.0 Å². The van der Waals surface area contributed by atoms with Gasteiger partial charge >= 0.3 is 0 Å². The number of hydrogen-bond donors (Lipinski definition) is 1. The molecule has 1 saturated heterocycles. The molecule has 1 fully saturated rings. The average Bonchev–Trinajstić information content (AvgIpc) is 2.85. The van der Waals surface area contributed by atoms with Crippen molar-refractivity contribution in [2.24, 2.45) is 0 Å². The van der Waals surface area contributed by atoms with E-state index in [0.717, 1.165) is 26.2 Å². The third-order valence-electron chi connectivity index (χ3n) is 3.68. The summed E-state index contributed by atoms with van der Waals surface area (Å²) in [4.78, 5) is 8.60. The fourth-order valence-corrected chi connectivity index (χ4v) is 2.42. The van der Waals surface area contributed by atoms with Crippen molar-refractivity contribution in [2.75, 3.05) is 43.9 Å². The highest BCUT2D eigenvalue weighted by atomic mass is 15.4. The minimum absolute atomic E-state index is 0.338. The summed E-state index contributed by atoms with van der Waals surface area (Å²) in [6, 6.07) is 7.68. The number of nitrogens with two attached hydrogens (primary N) is 1. The molecule has 0 atom stereocenters. The molecule has 108 valence electrons. The highest BCUT2D eigenvalue weighted by Crippen LogP contribution is 2.27. The quantitative estimate of drug-likeness (QED) is 0.862. The number of anilines is 2. The van der Waals surface area contributed by atoms with E-state index in [1.54, 1.807) is 6.20 Å². The number of rotatable bonds is 2. The molecule has 1 aliphatic heterocycles. The van der Waals surface area contributed by atoms with E-state index in [1.807, 2.05) is 18.2 Å². The smallest absolute Gasteiger partial charge is 0.171 e. The van der Waals surface area contributed by atoms with Crippen LogP contribution in [0.3, 0.4) is 0 Å². The first-order valence-electron chi connectivity index (χ1n) is 6.84. The Morgan fingerprint density at radius 1 is 1.24 bits per heavy atom. The SMILES string of the molecule is CN1CCN(c2nn(-c3ccccn3)c(N)c2C#N)CC1. The van der Waals surface area contributed by atoms with Gasteiger partial charge in [-0.25, -0.2) is 4.98 Å². The molecule has 2 aromatic heterocycles. The van der Waals surface area contributed by atoms with E-state index < -0.39 is 0 Å². The Balaban J connectivity index is 2.00. The Morgan fingerprint density at radius 2 is 2.00 bits per heavy atom. The van der Waals surface area contributed by atoms with Crippen LogP contribution in [-0.2, 0) is 0 Å². The third-order valence-corrected chi connectivity index (χ3v) is 3.68. The molecule has 3 rings (SSSR count). The zero-order valence-electron chi connectivity index (χ0n) is 11.9. The van der Waals surface area contributed by atoms with Gasteiger partial charge in [0.05, 0.1) is 0 Å². The first-order chi connectivity index (χ1) is 10.2. The number of nitrogens with zero attached hydrogens (tertiary/aromatic N) is 6. The van der Waals surface area contributed by atoms with Crippen molar-refractivity contribution in [1.82, 2.24) is 19.7 Å². The van der Waals surface area contributed by atoms with E-state index in [4.69, 9.17) is 5.73 Å². The van der Waals surface area contributed by atoms with Gasteiger partial charge in [0.2, 0.25) is 0 Å². The lowest BCUT2D eigenvalue weighted by atomic mass is 10.2. The topological polar surface area (TPSA) is 87.0 Å². The minimum Gasteiger partial charge on any atom is -0.382 e. The molecule has 7 heteroatoms. The molecule has 0 unspecified atom stereocenters. The molecule has 0 aliphatic carbocycles. The highest BCUT2D eigenvalue weighted by molar-refractivity contribution is 5.66. The maximum Gasteiger partial charge on any atom is 0.171 e. The van der Waals surface area contributed by atoms with Crippen LogP contribution in [0.4, 0.5) is 11.6 Å². The number of nitrogen functional groups attached to an aromatic ring is 1. The van der Waals surface area contributed by atoms with Gasteiger partial charge in [0, 0.05) is 32.4 Å². The number of piperazine rings is 1. The van der Waals surface area contributed by atoms with Crippen LogP contribution in [-0.4, -0.2) is 52.9 Å². The maximum atomic E-state index is 9.40. The Labute approximate surface area is 123 Å². The predicted octanol–water partition coefficient (Wildman–Crippen LogP) is 0.473. The Hall–Kier alpha value is -2.59. The van der Waals surface area contributed by atoms with Crippen LogP contribution in [0, 0.1) is 11.3 Å². The van der Waals surface area contributed by atoms with Crippen LogP contribution in [0.25, 0.3) is 5.82 Å². The summed E-state index contributed by atoms with van der Waals surface area (Å²) >= 11 is 0. The number of aromatic nitrogens is 3. The lowest BCUT2D eigenvalue weighted by Gasteiger charge is -2.32. The molecule has 3 heterocycles. The molecule has 21 heavy (non-hydrogen) atoms. The van der Waals surface area contributed by atoms with Crippen molar-refractivity contribution in [2.45, 2.75) is 0 Å². The largest absolute Gasteiger partial charge is 0.382 e. The second-order valence-electron chi connectivity index (χ2n) is 5.09. The first kappa shape index (κ1) is 13.4. The number of pyridine rings is 1. The molecule has 0 amide bonds. The van der Waals surface area contributed by atoms with Gasteiger partial charge in [-0.05, 0) is 19.2 Å². The molecule has 0 saturated carbocycles. The van der Waals surface area contributed by atoms with Crippen molar-refractivity contribution in [1.29, 1.82) is 5.26 Å². The molecule has 0 aromatic carbocycles. The van der Waals surface area contributed by atoms with Crippen molar-refractivity contribution in [3.63, 3.8) is 0 Å². The van der Waals surface area contributed by atoms with Gasteiger partial charge in [-0.1, -0.05) is 6.07 Å². The third kappa shape index (κ3) is 2.41. The summed E-state index contributed by atoms with van der Waals surface area (Å²) in [5, 5.41) is 13.9. The van der Waals surface area contributed by atoms with Gasteiger partial charge < -0.3 is 15.5 Å². The average molecular weight is 283 g/mol. The van der Waals surface area contributed by atoms with Crippen LogP contribution in [0.2, 0.25) is 0 Å². The van der Waals surface area contributed by atoms with Gasteiger partial charge in [-0.2, -0.15) is 9.94 Å². The van der Waals surface area contributed by atoms with Crippen LogP contribution >= 0.6 is 0 Å². The molecule has 1 aliphatic rings. The second-order valence-corrected chi connectivity index (χ2v) is 5.09. The fraction of sp³-hybridized carbons (Fsp3) is 0.357. The van der Waals surface area contributed by atoms with Gasteiger partial charge in [-0.3, -0.25) is 0 Å².